The molecular weight excluding hydrogens is 351 g/mol. The van der Waals surface area contributed by atoms with E-state index in [9.17, 15) is 0 Å². The monoisotopic (exact) mass is 380 g/mol. The van der Waals surface area contributed by atoms with Crippen LogP contribution < -0.4 is 11.1 Å². The zero-order valence-electron chi connectivity index (χ0n) is 12.3. The van der Waals surface area contributed by atoms with Crippen molar-refractivity contribution in [1.82, 2.24) is 10.2 Å². The lowest BCUT2D eigenvalue weighted by atomic mass is 9.96. The zero-order chi connectivity index (χ0) is 13.0. The standard InChI is InChI=1S/C14H28N4.HI/c1-18(2)14(9-5-6-10-14)11-16-13(15)17-12-7-3-4-8-12;/h12H,3-11H2,1-2H3,(H3,15,16,17);1H. The molecule has 19 heavy (non-hydrogen) atoms. The number of guanidine groups is 1. The van der Waals surface area contributed by atoms with Gasteiger partial charge in [-0.25, -0.2) is 0 Å². The van der Waals surface area contributed by atoms with E-state index < -0.39 is 0 Å². The smallest absolute Gasteiger partial charge is 0.188 e. The largest absolute Gasteiger partial charge is 0.370 e. The van der Waals surface area contributed by atoms with E-state index in [1.807, 2.05) is 0 Å². The van der Waals surface area contributed by atoms with Gasteiger partial charge in [0.1, 0.15) is 0 Å². The Balaban J connectivity index is 0.00000180. The van der Waals surface area contributed by atoms with Gasteiger partial charge in [-0.1, -0.05) is 25.7 Å². The lowest BCUT2D eigenvalue weighted by Gasteiger charge is -2.35. The summed E-state index contributed by atoms with van der Waals surface area (Å²) in [4.78, 5) is 6.94. The third-order valence-corrected chi connectivity index (χ3v) is 4.73. The van der Waals surface area contributed by atoms with Gasteiger partial charge in [-0.05, 0) is 39.8 Å². The fraction of sp³-hybridized carbons (Fsp3) is 0.929. The minimum Gasteiger partial charge on any atom is -0.370 e. The van der Waals surface area contributed by atoms with Gasteiger partial charge in [0.05, 0.1) is 6.54 Å². The average molecular weight is 380 g/mol. The Hall–Kier alpha value is -0.0400. The fourth-order valence-corrected chi connectivity index (χ4v) is 3.34. The van der Waals surface area contributed by atoms with Crippen LogP contribution in [0.3, 0.4) is 0 Å². The molecule has 112 valence electrons. The summed E-state index contributed by atoms with van der Waals surface area (Å²) in [7, 11) is 4.34. The van der Waals surface area contributed by atoms with E-state index in [1.54, 1.807) is 0 Å². The van der Waals surface area contributed by atoms with Gasteiger partial charge in [0, 0.05) is 11.6 Å². The molecule has 2 fully saturated rings. The molecule has 0 amide bonds. The Morgan fingerprint density at radius 2 is 1.79 bits per heavy atom. The molecule has 0 radical (unpaired) electrons. The molecule has 0 saturated heterocycles. The van der Waals surface area contributed by atoms with Crippen LogP contribution in [0.1, 0.15) is 51.4 Å². The molecule has 0 unspecified atom stereocenters. The quantitative estimate of drug-likeness (QED) is 0.447. The van der Waals surface area contributed by atoms with E-state index in [-0.39, 0.29) is 29.5 Å². The van der Waals surface area contributed by atoms with Crippen molar-refractivity contribution in [2.45, 2.75) is 62.9 Å². The highest BCUT2D eigenvalue weighted by atomic mass is 127. The van der Waals surface area contributed by atoms with Crippen LogP contribution in [-0.2, 0) is 0 Å². The molecule has 0 aromatic heterocycles. The predicted octanol–water partition coefficient (Wildman–Crippen LogP) is 2.33. The van der Waals surface area contributed by atoms with E-state index in [4.69, 9.17) is 5.73 Å². The minimum atomic E-state index is 0. The van der Waals surface area contributed by atoms with Gasteiger partial charge >= 0.3 is 0 Å². The highest BCUT2D eigenvalue weighted by Gasteiger charge is 2.35. The Kier molecular flexibility index (Phi) is 6.86. The first kappa shape index (κ1) is 17.0. The molecule has 0 aromatic rings. The molecule has 3 N–H and O–H groups in total. The molecule has 2 aliphatic carbocycles. The third kappa shape index (κ3) is 4.48. The highest BCUT2D eigenvalue weighted by molar-refractivity contribution is 14.0. The predicted molar refractivity (Wildman–Crippen MR) is 92.2 cm³/mol. The van der Waals surface area contributed by atoms with Crippen molar-refractivity contribution in [2.24, 2.45) is 10.7 Å². The number of halogens is 1. The van der Waals surface area contributed by atoms with E-state index in [2.05, 4.69) is 29.3 Å². The number of nitrogens with one attached hydrogen (secondary N) is 1. The maximum absolute atomic E-state index is 6.01. The van der Waals surface area contributed by atoms with Crippen molar-refractivity contribution >= 4 is 29.9 Å². The molecule has 2 saturated carbocycles. The fourth-order valence-electron chi connectivity index (χ4n) is 3.34. The summed E-state index contributed by atoms with van der Waals surface area (Å²) in [6, 6.07) is 0.563. The highest BCUT2D eigenvalue weighted by Crippen LogP contribution is 2.33. The first-order valence-electron chi connectivity index (χ1n) is 7.36. The van der Waals surface area contributed by atoms with E-state index in [0.717, 1.165) is 6.54 Å². The van der Waals surface area contributed by atoms with Crippen LogP contribution in [0, 0.1) is 0 Å². The van der Waals surface area contributed by atoms with Crippen LogP contribution >= 0.6 is 24.0 Å². The number of likely N-dealkylation sites (N-methyl/N-ethyl adjacent to an activating group) is 1. The second kappa shape index (κ2) is 7.67. The number of rotatable bonds is 4. The molecule has 0 aromatic carbocycles. The number of nitrogens with two attached hydrogens (primary N) is 1. The van der Waals surface area contributed by atoms with Crippen LogP contribution in [0.5, 0.6) is 0 Å². The lowest BCUT2D eigenvalue weighted by Crippen LogP contribution is -2.46. The maximum Gasteiger partial charge on any atom is 0.188 e. The van der Waals surface area contributed by atoms with Crippen LogP contribution in [0.2, 0.25) is 0 Å². The molecule has 0 atom stereocenters. The topological polar surface area (TPSA) is 53.6 Å². The van der Waals surface area contributed by atoms with Crippen LogP contribution in [-0.4, -0.2) is 43.1 Å². The van der Waals surface area contributed by atoms with Crippen molar-refractivity contribution in [3.8, 4) is 0 Å². The number of hydrogen-bond acceptors (Lipinski definition) is 2. The van der Waals surface area contributed by atoms with Crippen LogP contribution in [0.25, 0.3) is 0 Å². The Bertz CT molecular complexity index is 292. The van der Waals surface area contributed by atoms with Gasteiger partial charge in [0.15, 0.2) is 5.96 Å². The summed E-state index contributed by atoms with van der Waals surface area (Å²) in [6.45, 7) is 0.839. The Morgan fingerprint density at radius 3 is 2.32 bits per heavy atom. The van der Waals surface area contributed by atoms with E-state index in [1.165, 1.54) is 51.4 Å². The molecule has 0 heterocycles. The summed E-state index contributed by atoms with van der Waals surface area (Å²) >= 11 is 0. The first-order chi connectivity index (χ1) is 8.62. The summed E-state index contributed by atoms with van der Waals surface area (Å²) in [5.41, 5.74) is 6.26. The van der Waals surface area contributed by atoms with Gasteiger partial charge in [0.2, 0.25) is 0 Å². The Labute approximate surface area is 134 Å². The average Bonchev–Trinajstić information content (AvgIpc) is 2.97. The second-order valence-corrected chi connectivity index (χ2v) is 6.15. The molecule has 2 aliphatic rings. The maximum atomic E-state index is 6.01. The van der Waals surface area contributed by atoms with Crippen molar-refractivity contribution in [1.29, 1.82) is 0 Å². The van der Waals surface area contributed by atoms with E-state index >= 15 is 0 Å². The van der Waals surface area contributed by atoms with Crippen molar-refractivity contribution < 1.29 is 0 Å². The van der Waals surface area contributed by atoms with Gasteiger partial charge in [-0.3, -0.25) is 4.99 Å². The summed E-state index contributed by atoms with van der Waals surface area (Å²) in [5.74, 6) is 0.648. The summed E-state index contributed by atoms with van der Waals surface area (Å²) < 4.78 is 0. The molecule has 2 rings (SSSR count). The Morgan fingerprint density at radius 1 is 1.21 bits per heavy atom. The third-order valence-electron chi connectivity index (χ3n) is 4.73. The SMILES string of the molecule is CN(C)C1(CN=C(N)NC2CCCC2)CCCC1.I. The number of aliphatic imine (C=N–C) groups is 1. The van der Waals surface area contributed by atoms with Crippen molar-refractivity contribution in [3.05, 3.63) is 0 Å². The number of hydrogen-bond donors (Lipinski definition) is 2. The summed E-state index contributed by atoms with van der Waals surface area (Å²) in [5, 5.41) is 3.37. The molecule has 0 aliphatic heterocycles. The van der Waals surface area contributed by atoms with Gasteiger partial charge < -0.3 is 16.0 Å². The molecule has 4 nitrogen and oxygen atoms in total. The molecule has 0 bridgehead atoms. The molecule has 0 spiro atoms. The minimum absolute atomic E-state index is 0. The van der Waals surface area contributed by atoms with Gasteiger partial charge in [-0.15, -0.1) is 24.0 Å². The summed E-state index contributed by atoms with van der Waals surface area (Å²) in [6.07, 6.45) is 10.3. The zero-order valence-corrected chi connectivity index (χ0v) is 14.7. The van der Waals surface area contributed by atoms with Gasteiger partial charge in [0.25, 0.3) is 0 Å². The molecular formula is C14H29IN4. The first-order valence-corrected chi connectivity index (χ1v) is 7.36. The van der Waals surface area contributed by atoms with Crippen molar-refractivity contribution in [3.63, 3.8) is 0 Å². The number of nitrogens with zero attached hydrogens (tertiary/aromatic N) is 2. The van der Waals surface area contributed by atoms with E-state index in [0.29, 0.717) is 12.0 Å². The normalized spacial score (nSPS) is 23.6. The second-order valence-electron chi connectivity index (χ2n) is 6.15. The van der Waals surface area contributed by atoms with Crippen molar-refractivity contribution in [2.75, 3.05) is 20.6 Å². The lowest BCUT2D eigenvalue weighted by molar-refractivity contribution is 0.167. The molecule has 5 heteroatoms. The van der Waals surface area contributed by atoms with Crippen LogP contribution in [0.4, 0.5) is 0 Å². The van der Waals surface area contributed by atoms with Gasteiger partial charge in [-0.2, -0.15) is 0 Å². The van der Waals surface area contributed by atoms with Crippen LogP contribution in [0.15, 0.2) is 4.99 Å².